The molecular formula is C21H28N2O2. The van der Waals surface area contributed by atoms with Crippen LogP contribution < -0.4 is 4.90 Å². The second-order valence-electron chi connectivity index (χ2n) is 9.51. The molecule has 4 nitrogen and oxygen atoms in total. The third kappa shape index (κ3) is 2.80. The number of carbonyl (C=O) groups is 2. The minimum absolute atomic E-state index is 0.0391. The first-order valence-corrected chi connectivity index (χ1v) is 9.37. The lowest BCUT2D eigenvalue weighted by Crippen LogP contribution is -2.45. The van der Waals surface area contributed by atoms with Crippen LogP contribution in [0.5, 0.6) is 0 Å². The number of carbonyl (C=O) groups excluding carboxylic acids is 2. The van der Waals surface area contributed by atoms with Crippen molar-refractivity contribution in [2.75, 3.05) is 11.4 Å². The molecule has 2 aliphatic heterocycles. The van der Waals surface area contributed by atoms with E-state index in [4.69, 9.17) is 0 Å². The Labute approximate surface area is 150 Å². The van der Waals surface area contributed by atoms with Crippen molar-refractivity contribution in [1.82, 2.24) is 4.90 Å². The van der Waals surface area contributed by atoms with Gasteiger partial charge in [-0.05, 0) is 49.1 Å². The van der Waals surface area contributed by atoms with Crippen LogP contribution in [0.15, 0.2) is 24.3 Å². The zero-order chi connectivity index (χ0) is 18.0. The van der Waals surface area contributed by atoms with Gasteiger partial charge >= 0.3 is 0 Å². The summed E-state index contributed by atoms with van der Waals surface area (Å²) in [7, 11) is 0. The van der Waals surface area contributed by atoms with Crippen molar-refractivity contribution in [3.63, 3.8) is 0 Å². The van der Waals surface area contributed by atoms with Crippen LogP contribution in [-0.4, -0.2) is 35.3 Å². The van der Waals surface area contributed by atoms with E-state index in [0.717, 1.165) is 24.9 Å². The van der Waals surface area contributed by atoms with E-state index in [1.807, 2.05) is 31.2 Å². The van der Waals surface area contributed by atoms with Crippen LogP contribution in [0, 0.1) is 17.8 Å². The van der Waals surface area contributed by atoms with E-state index in [0.29, 0.717) is 23.6 Å². The zero-order valence-corrected chi connectivity index (χ0v) is 15.7. The maximum absolute atomic E-state index is 13.1. The standard InChI is InChI=1S/C21H28N2O2/c1-14-5-7-15(8-6-14)23-18(24)9-17(19(23)25)22-13-21(4)11-16(22)10-20(2,3)12-21/h5-8,16-17H,9-13H2,1-4H3/t16-,17+,21+/m0/s1. The van der Waals surface area contributed by atoms with Gasteiger partial charge in [-0.3, -0.25) is 14.5 Å². The number of hydrogen-bond donors (Lipinski definition) is 0. The Morgan fingerprint density at radius 1 is 1.04 bits per heavy atom. The minimum atomic E-state index is -0.283. The van der Waals surface area contributed by atoms with E-state index >= 15 is 0 Å². The molecule has 2 bridgehead atoms. The maximum Gasteiger partial charge on any atom is 0.251 e. The molecule has 1 aromatic rings. The molecule has 4 heteroatoms. The third-order valence-electron chi connectivity index (χ3n) is 6.27. The monoisotopic (exact) mass is 340 g/mol. The number of anilines is 1. The lowest BCUT2D eigenvalue weighted by Gasteiger charge is -2.40. The molecule has 0 radical (unpaired) electrons. The summed E-state index contributed by atoms with van der Waals surface area (Å²) < 4.78 is 0. The van der Waals surface area contributed by atoms with Crippen molar-refractivity contribution >= 4 is 17.5 Å². The van der Waals surface area contributed by atoms with Crippen LogP contribution in [0.25, 0.3) is 0 Å². The fraction of sp³-hybridized carbons (Fsp3) is 0.619. The highest BCUT2D eigenvalue weighted by molar-refractivity contribution is 6.22. The van der Waals surface area contributed by atoms with Crippen LogP contribution >= 0.6 is 0 Å². The first-order chi connectivity index (χ1) is 11.7. The second kappa shape index (κ2) is 5.41. The summed E-state index contributed by atoms with van der Waals surface area (Å²) in [5.74, 6) is -0.104. The lowest BCUT2D eigenvalue weighted by atomic mass is 9.65. The number of fused-ring (bicyclic) bond motifs is 2. The van der Waals surface area contributed by atoms with Gasteiger partial charge in [-0.25, -0.2) is 4.90 Å². The Kier molecular flexibility index (Phi) is 3.63. The molecule has 3 fully saturated rings. The molecule has 1 aliphatic carbocycles. The fourth-order valence-corrected chi connectivity index (χ4v) is 5.71. The third-order valence-corrected chi connectivity index (χ3v) is 6.27. The summed E-state index contributed by atoms with van der Waals surface area (Å²) in [5.41, 5.74) is 2.42. The highest BCUT2D eigenvalue weighted by Gasteiger charge is 2.54. The Balaban J connectivity index is 1.59. The van der Waals surface area contributed by atoms with Crippen molar-refractivity contribution < 1.29 is 9.59 Å². The summed E-state index contributed by atoms with van der Waals surface area (Å²) in [6.07, 6.45) is 3.78. The normalized spacial score (nSPS) is 34.8. The largest absolute Gasteiger partial charge is 0.288 e. The second-order valence-corrected chi connectivity index (χ2v) is 9.51. The zero-order valence-electron chi connectivity index (χ0n) is 15.7. The Morgan fingerprint density at radius 3 is 2.40 bits per heavy atom. The van der Waals surface area contributed by atoms with Gasteiger partial charge in [0.2, 0.25) is 5.91 Å². The predicted molar refractivity (Wildman–Crippen MR) is 98.3 cm³/mol. The number of hydrogen-bond acceptors (Lipinski definition) is 3. The van der Waals surface area contributed by atoms with E-state index in [1.54, 1.807) is 0 Å². The maximum atomic E-state index is 13.1. The summed E-state index contributed by atoms with van der Waals surface area (Å²) in [4.78, 5) is 29.5. The Bertz CT molecular complexity index is 724. The van der Waals surface area contributed by atoms with Crippen LogP contribution in [0.1, 0.15) is 52.0 Å². The van der Waals surface area contributed by atoms with Crippen molar-refractivity contribution in [3.8, 4) is 0 Å². The summed E-state index contributed by atoms with van der Waals surface area (Å²) in [6, 6.07) is 7.80. The van der Waals surface area contributed by atoms with Crippen molar-refractivity contribution in [2.45, 2.75) is 65.5 Å². The van der Waals surface area contributed by atoms with Gasteiger partial charge in [0.15, 0.2) is 0 Å². The van der Waals surface area contributed by atoms with Crippen molar-refractivity contribution in [1.29, 1.82) is 0 Å². The smallest absolute Gasteiger partial charge is 0.251 e. The number of amides is 2. The molecule has 0 aromatic heterocycles. The molecule has 0 unspecified atom stereocenters. The number of likely N-dealkylation sites (tertiary alicyclic amines) is 1. The topological polar surface area (TPSA) is 40.6 Å². The SMILES string of the molecule is Cc1ccc(N2C(=O)C[C@@H](N3C[C@]4(C)C[C@@H]3CC(C)(C)C4)C2=O)cc1. The molecule has 1 saturated carbocycles. The lowest BCUT2D eigenvalue weighted by molar-refractivity contribution is -0.123. The summed E-state index contributed by atoms with van der Waals surface area (Å²) in [5, 5.41) is 0. The highest BCUT2D eigenvalue weighted by atomic mass is 16.2. The Hall–Kier alpha value is -1.68. The van der Waals surface area contributed by atoms with E-state index < -0.39 is 0 Å². The van der Waals surface area contributed by atoms with Crippen molar-refractivity contribution in [2.24, 2.45) is 10.8 Å². The van der Waals surface area contributed by atoms with E-state index in [9.17, 15) is 9.59 Å². The number of aryl methyl sites for hydroxylation is 1. The van der Waals surface area contributed by atoms with Gasteiger partial charge in [-0.15, -0.1) is 0 Å². The van der Waals surface area contributed by atoms with Crippen LogP contribution in [-0.2, 0) is 9.59 Å². The van der Waals surface area contributed by atoms with Gasteiger partial charge in [0.1, 0.15) is 0 Å². The molecule has 1 aromatic carbocycles. The number of imide groups is 1. The number of rotatable bonds is 2. The molecule has 3 atom stereocenters. The molecule has 0 spiro atoms. The van der Waals surface area contributed by atoms with Crippen LogP contribution in [0.3, 0.4) is 0 Å². The molecule has 2 saturated heterocycles. The molecule has 0 N–H and O–H groups in total. The van der Waals surface area contributed by atoms with Gasteiger partial charge in [0.25, 0.3) is 5.91 Å². The first kappa shape index (κ1) is 16.8. The summed E-state index contributed by atoms with van der Waals surface area (Å²) >= 11 is 0. The number of benzene rings is 1. The van der Waals surface area contributed by atoms with Gasteiger partial charge in [0.05, 0.1) is 18.2 Å². The molecule has 25 heavy (non-hydrogen) atoms. The van der Waals surface area contributed by atoms with Crippen molar-refractivity contribution in [3.05, 3.63) is 29.8 Å². The van der Waals surface area contributed by atoms with Gasteiger partial charge in [0, 0.05) is 12.6 Å². The van der Waals surface area contributed by atoms with Gasteiger partial charge in [-0.2, -0.15) is 0 Å². The van der Waals surface area contributed by atoms with E-state index in [-0.39, 0.29) is 23.3 Å². The van der Waals surface area contributed by atoms with E-state index in [1.165, 1.54) is 11.3 Å². The van der Waals surface area contributed by atoms with E-state index in [2.05, 4.69) is 25.7 Å². The average Bonchev–Trinajstić information content (AvgIpc) is 2.92. The summed E-state index contributed by atoms with van der Waals surface area (Å²) in [6.45, 7) is 9.96. The highest BCUT2D eigenvalue weighted by Crippen LogP contribution is 2.53. The molecule has 4 rings (SSSR count). The molecule has 2 heterocycles. The van der Waals surface area contributed by atoms with Gasteiger partial charge in [-0.1, -0.05) is 38.5 Å². The fourth-order valence-electron chi connectivity index (χ4n) is 5.71. The first-order valence-electron chi connectivity index (χ1n) is 9.37. The molecule has 134 valence electrons. The molecule has 2 amide bonds. The average molecular weight is 340 g/mol. The van der Waals surface area contributed by atoms with Gasteiger partial charge < -0.3 is 0 Å². The molecular weight excluding hydrogens is 312 g/mol. The van der Waals surface area contributed by atoms with Crippen LogP contribution in [0.4, 0.5) is 5.69 Å². The predicted octanol–water partition coefficient (Wildman–Crippen LogP) is 3.53. The minimum Gasteiger partial charge on any atom is -0.288 e. The Morgan fingerprint density at radius 2 is 1.72 bits per heavy atom. The molecule has 3 aliphatic rings. The quantitative estimate of drug-likeness (QED) is 0.773. The van der Waals surface area contributed by atoms with Crippen LogP contribution in [0.2, 0.25) is 0 Å². The number of nitrogens with zero attached hydrogens (tertiary/aromatic N) is 2.